The molecular formula is C33H64N2O8S2. The Kier molecular flexibility index (Phi) is 20.8. The number of amides is 2. The molecule has 0 aliphatic carbocycles. The SMILES string of the molecule is CCCC(CCOC(=O)NC(C)(C)CCOC(C)(C)C)SSC(CCC)CCOC(=O)NC(C)(C)COC(C)(C)CCC(=O)O. The third-order valence-electron chi connectivity index (χ3n) is 6.80. The van der Waals surface area contributed by atoms with Crippen LogP contribution in [0, 0.1) is 0 Å². The first-order chi connectivity index (χ1) is 20.7. The average molecular weight is 681 g/mol. The molecule has 0 saturated carbocycles. The van der Waals surface area contributed by atoms with Gasteiger partial charge in [-0.3, -0.25) is 4.79 Å². The van der Waals surface area contributed by atoms with Gasteiger partial charge in [0.2, 0.25) is 0 Å². The minimum atomic E-state index is -0.863. The van der Waals surface area contributed by atoms with Gasteiger partial charge in [0, 0.05) is 29.1 Å². The van der Waals surface area contributed by atoms with E-state index in [1.807, 2.05) is 83.9 Å². The number of hydrogen-bond donors (Lipinski definition) is 3. The second-order valence-corrected chi connectivity index (χ2v) is 17.4. The van der Waals surface area contributed by atoms with Crippen LogP contribution in [-0.2, 0) is 23.7 Å². The van der Waals surface area contributed by atoms with Crippen molar-refractivity contribution in [3.8, 4) is 0 Å². The smallest absolute Gasteiger partial charge is 0.407 e. The average Bonchev–Trinajstić information content (AvgIpc) is 2.88. The fourth-order valence-corrected chi connectivity index (χ4v) is 7.50. The lowest BCUT2D eigenvalue weighted by Crippen LogP contribution is -2.49. The maximum Gasteiger partial charge on any atom is 0.407 e. The van der Waals surface area contributed by atoms with Crippen LogP contribution in [0.2, 0.25) is 0 Å². The summed E-state index contributed by atoms with van der Waals surface area (Å²) >= 11 is 0. The Morgan fingerprint density at radius 3 is 1.56 bits per heavy atom. The number of carboxylic acids is 1. The zero-order chi connectivity index (χ0) is 34.7. The number of ether oxygens (including phenoxy) is 4. The van der Waals surface area contributed by atoms with Crippen LogP contribution >= 0.6 is 21.6 Å². The van der Waals surface area contributed by atoms with Crippen LogP contribution in [0.15, 0.2) is 0 Å². The van der Waals surface area contributed by atoms with Crippen LogP contribution in [-0.4, -0.2) is 82.5 Å². The molecule has 0 fully saturated rings. The van der Waals surface area contributed by atoms with Crippen LogP contribution in [0.1, 0.15) is 134 Å². The van der Waals surface area contributed by atoms with E-state index in [2.05, 4.69) is 24.5 Å². The molecule has 0 heterocycles. The predicted octanol–water partition coefficient (Wildman–Crippen LogP) is 8.36. The molecule has 0 rings (SSSR count). The molecule has 0 radical (unpaired) electrons. The molecule has 0 saturated heterocycles. The molecule has 3 N–H and O–H groups in total. The lowest BCUT2D eigenvalue weighted by Gasteiger charge is -2.32. The van der Waals surface area contributed by atoms with Gasteiger partial charge in [-0.25, -0.2) is 9.59 Å². The number of carbonyl (C=O) groups excluding carboxylic acids is 2. The number of alkyl carbamates (subject to hydrolysis) is 2. The van der Waals surface area contributed by atoms with Gasteiger partial charge in [-0.05, 0) is 101 Å². The van der Waals surface area contributed by atoms with Crippen molar-refractivity contribution in [1.29, 1.82) is 0 Å². The van der Waals surface area contributed by atoms with Gasteiger partial charge in [-0.15, -0.1) is 0 Å². The van der Waals surface area contributed by atoms with E-state index >= 15 is 0 Å². The van der Waals surface area contributed by atoms with Crippen LogP contribution in [0.25, 0.3) is 0 Å². The summed E-state index contributed by atoms with van der Waals surface area (Å²) in [6.45, 7) is 23.1. The minimum absolute atomic E-state index is 0.0232. The largest absolute Gasteiger partial charge is 0.481 e. The summed E-state index contributed by atoms with van der Waals surface area (Å²) in [6, 6.07) is 0. The number of carboxylic acid groups (broad SMARTS) is 1. The van der Waals surface area contributed by atoms with Crippen LogP contribution in [0.5, 0.6) is 0 Å². The third kappa shape index (κ3) is 25.4. The molecule has 12 heteroatoms. The van der Waals surface area contributed by atoms with Gasteiger partial charge in [0.1, 0.15) is 0 Å². The summed E-state index contributed by atoms with van der Waals surface area (Å²) < 4.78 is 22.7. The Hall–Kier alpha value is -1.37. The Morgan fingerprint density at radius 1 is 0.667 bits per heavy atom. The van der Waals surface area contributed by atoms with E-state index in [1.165, 1.54) is 0 Å². The van der Waals surface area contributed by atoms with Gasteiger partial charge in [0.15, 0.2) is 0 Å². The van der Waals surface area contributed by atoms with Crippen molar-refractivity contribution in [3.63, 3.8) is 0 Å². The van der Waals surface area contributed by atoms with Gasteiger partial charge >= 0.3 is 18.2 Å². The van der Waals surface area contributed by atoms with Crippen molar-refractivity contribution in [1.82, 2.24) is 10.6 Å². The van der Waals surface area contributed by atoms with Gasteiger partial charge in [-0.1, -0.05) is 48.3 Å². The number of hydrogen-bond acceptors (Lipinski definition) is 9. The van der Waals surface area contributed by atoms with Crippen LogP contribution in [0.4, 0.5) is 9.59 Å². The van der Waals surface area contributed by atoms with Crippen molar-refractivity contribution < 1.29 is 38.4 Å². The monoisotopic (exact) mass is 680 g/mol. The summed E-state index contributed by atoms with van der Waals surface area (Å²) in [5.41, 5.74) is -1.92. The maximum absolute atomic E-state index is 12.5. The van der Waals surface area contributed by atoms with E-state index in [-0.39, 0.29) is 18.6 Å². The van der Waals surface area contributed by atoms with E-state index < -0.39 is 34.8 Å². The topological polar surface area (TPSA) is 132 Å². The van der Waals surface area contributed by atoms with E-state index in [0.717, 1.165) is 38.5 Å². The summed E-state index contributed by atoms with van der Waals surface area (Å²) in [4.78, 5) is 35.8. The number of nitrogens with one attached hydrogen (secondary N) is 2. The highest BCUT2D eigenvalue weighted by molar-refractivity contribution is 8.77. The molecule has 10 nitrogen and oxygen atoms in total. The highest BCUT2D eigenvalue weighted by Gasteiger charge is 2.28. The standard InChI is InChI=1S/C33H64N2O8S2/c1-12-14-25(17-21-40-28(38)34-31(6,7)20-23-42-30(3,4)5)44-45-26(15-13-2)18-22-41-29(39)35-32(8,9)24-43-33(10,11)19-16-27(36)37/h25-26H,12-24H2,1-11H3,(H,34,38)(H,35,39)(H,36,37). The highest BCUT2D eigenvalue weighted by Crippen LogP contribution is 2.38. The summed E-state index contributed by atoms with van der Waals surface area (Å²) in [5, 5.41) is 15.4. The molecule has 0 aromatic heterocycles. The second kappa shape index (κ2) is 21.5. The molecule has 2 unspecified atom stereocenters. The molecule has 0 aromatic carbocycles. The van der Waals surface area contributed by atoms with Crippen molar-refractivity contribution >= 4 is 39.7 Å². The molecule has 45 heavy (non-hydrogen) atoms. The fourth-order valence-electron chi connectivity index (χ4n) is 4.04. The maximum atomic E-state index is 12.5. The first-order valence-corrected chi connectivity index (χ1v) is 18.7. The Bertz CT molecular complexity index is 862. The summed E-state index contributed by atoms with van der Waals surface area (Å²) in [6.07, 6.45) is 5.82. The Morgan fingerprint density at radius 2 is 1.13 bits per heavy atom. The molecule has 0 aliphatic rings. The van der Waals surface area contributed by atoms with Crippen molar-refractivity contribution in [3.05, 3.63) is 0 Å². The van der Waals surface area contributed by atoms with Gasteiger partial charge < -0.3 is 34.7 Å². The zero-order valence-corrected chi connectivity index (χ0v) is 31.6. The fraction of sp³-hybridized carbons (Fsp3) is 0.909. The lowest BCUT2D eigenvalue weighted by molar-refractivity contribution is -0.139. The molecule has 2 atom stereocenters. The van der Waals surface area contributed by atoms with E-state index in [1.54, 1.807) is 0 Å². The van der Waals surface area contributed by atoms with Gasteiger partial charge in [-0.2, -0.15) is 0 Å². The molecule has 0 spiro atoms. The molecular weight excluding hydrogens is 617 g/mol. The first kappa shape index (κ1) is 43.6. The van der Waals surface area contributed by atoms with Crippen molar-refractivity contribution in [2.24, 2.45) is 0 Å². The predicted molar refractivity (Wildman–Crippen MR) is 186 cm³/mol. The molecule has 0 aliphatic heterocycles. The summed E-state index contributed by atoms with van der Waals surface area (Å²) in [5.74, 6) is -0.863. The van der Waals surface area contributed by atoms with Crippen LogP contribution < -0.4 is 10.6 Å². The first-order valence-electron chi connectivity index (χ1n) is 16.4. The second-order valence-electron chi connectivity index (χ2n) is 14.5. The lowest BCUT2D eigenvalue weighted by atomic mass is 10.0. The van der Waals surface area contributed by atoms with Crippen molar-refractivity contribution in [2.75, 3.05) is 26.4 Å². The quantitative estimate of drug-likeness (QED) is 0.0854. The van der Waals surface area contributed by atoms with E-state index in [0.29, 0.717) is 43.2 Å². The zero-order valence-electron chi connectivity index (χ0n) is 30.0. The number of carbonyl (C=O) groups is 3. The normalized spacial score (nSPS) is 14.0. The minimum Gasteiger partial charge on any atom is -0.481 e. The Labute approximate surface area is 281 Å². The molecule has 266 valence electrons. The molecule has 0 bridgehead atoms. The summed E-state index contributed by atoms with van der Waals surface area (Å²) in [7, 11) is 3.66. The van der Waals surface area contributed by atoms with E-state index in [4.69, 9.17) is 24.1 Å². The molecule has 0 aromatic rings. The highest BCUT2D eigenvalue weighted by atomic mass is 33.1. The number of aliphatic carboxylic acids is 1. The van der Waals surface area contributed by atoms with Crippen LogP contribution in [0.3, 0.4) is 0 Å². The third-order valence-corrected chi connectivity index (χ3v) is 10.4. The number of rotatable bonds is 24. The van der Waals surface area contributed by atoms with Gasteiger partial charge in [0.05, 0.1) is 36.6 Å². The Balaban J connectivity index is 4.60. The van der Waals surface area contributed by atoms with Gasteiger partial charge in [0.25, 0.3) is 0 Å². The molecule has 2 amide bonds. The van der Waals surface area contributed by atoms with E-state index in [9.17, 15) is 14.4 Å². The van der Waals surface area contributed by atoms with Crippen molar-refractivity contribution in [2.45, 2.75) is 167 Å².